The summed E-state index contributed by atoms with van der Waals surface area (Å²) in [4.78, 5) is 28.9. The number of hydrogen-bond acceptors (Lipinski definition) is 6. The molecule has 4 aromatic rings. The average molecular weight is 378 g/mol. The summed E-state index contributed by atoms with van der Waals surface area (Å²) in [6.07, 6.45) is 4.80. The molecule has 0 radical (unpaired) electrons. The highest BCUT2D eigenvalue weighted by Gasteiger charge is 2.21. The molecule has 1 N–H and O–H groups in total. The molecular weight excluding hydrogens is 360 g/mol. The second-order valence-corrected chi connectivity index (χ2v) is 6.51. The number of nitrogens with zero attached hydrogens (tertiary/aromatic N) is 3. The first-order valence-corrected chi connectivity index (χ1v) is 8.69. The molecule has 3 aromatic heterocycles. The van der Waals surface area contributed by atoms with Crippen molar-refractivity contribution in [2.45, 2.75) is 19.9 Å². The first-order chi connectivity index (χ1) is 13.5. The summed E-state index contributed by atoms with van der Waals surface area (Å²) in [6, 6.07) is 6.76. The van der Waals surface area contributed by atoms with Gasteiger partial charge >= 0.3 is 5.97 Å². The third kappa shape index (κ3) is 2.98. The van der Waals surface area contributed by atoms with Crippen LogP contribution in [0.1, 0.15) is 45.0 Å². The Hall–Kier alpha value is -3.68. The van der Waals surface area contributed by atoms with Crippen LogP contribution in [0.5, 0.6) is 0 Å². The van der Waals surface area contributed by atoms with Crippen LogP contribution in [-0.4, -0.2) is 33.6 Å². The number of aryl methyl sites for hydroxylation is 1. The Morgan fingerprint density at radius 2 is 2.07 bits per heavy atom. The van der Waals surface area contributed by atoms with Crippen molar-refractivity contribution in [3.63, 3.8) is 0 Å². The van der Waals surface area contributed by atoms with Crippen molar-refractivity contribution in [3.05, 3.63) is 65.3 Å². The SMILES string of the molecule is COC(=O)c1cc(C)cc2cc(C(C)NC(=O)c3cnn4cccnc34)oc12. The largest absolute Gasteiger partial charge is 0.465 e. The normalized spacial score (nSPS) is 12.2. The molecule has 0 bridgehead atoms. The maximum Gasteiger partial charge on any atom is 0.341 e. The first kappa shape index (κ1) is 17.7. The Labute approximate surface area is 160 Å². The standard InChI is InChI=1S/C20H18N4O4/c1-11-7-13-9-16(28-17(13)14(8-11)20(26)27-3)12(2)23-19(25)15-10-22-24-6-4-5-21-18(15)24/h4-10,12H,1-3H3,(H,23,25). The number of carbonyl (C=O) groups excluding carboxylic acids is 2. The molecule has 142 valence electrons. The Balaban J connectivity index is 1.64. The zero-order valence-corrected chi connectivity index (χ0v) is 15.6. The quantitative estimate of drug-likeness (QED) is 0.548. The summed E-state index contributed by atoms with van der Waals surface area (Å²) in [7, 11) is 1.33. The number of ether oxygens (including phenoxy) is 1. The lowest BCUT2D eigenvalue weighted by molar-refractivity contribution is 0.0601. The Bertz CT molecular complexity index is 1210. The zero-order chi connectivity index (χ0) is 19.8. The van der Waals surface area contributed by atoms with Crippen LogP contribution in [0.25, 0.3) is 16.6 Å². The molecule has 1 unspecified atom stereocenters. The molecular formula is C20H18N4O4. The highest BCUT2D eigenvalue weighted by Crippen LogP contribution is 2.28. The van der Waals surface area contributed by atoms with Gasteiger partial charge in [0.05, 0.1) is 19.3 Å². The van der Waals surface area contributed by atoms with E-state index in [9.17, 15) is 9.59 Å². The van der Waals surface area contributed by atoms with Crippen LogP contribution in [0, 0.1) is 6.92 Å². The molecule has 0 aliphatic rings. The molecule has 1 amide bonds. The van der Waals surface area contributed by atoms with Crippen LogP contribution < -0.4 is 5.32 Å². The number of methoxy groups -OCH3 is 1. The van der Waals surface area contributed by atoms with Crippen molar-refractivity contribution in [3.8, 4) is 0 Å². The summed E-state index contributed by atoms with van der Waals surface area (Å²) < 4.78 is 12.3. The number of hydrogen-bond donors (Lipinski definition) is 1. The minimum atomic E-state index is -0.469. The molecule has 28 heavy (non-hydrogen) atoms. The average Bonchev–Trinajstić information content (AvgIpc) is 3.30. The van der Waals surface area contributed by atoms with Gasteiger partial charge in [-0.15, -0.1) is 0 Å². The number of amides is 1. The van der Waals surface area contributed by atoms with Gasteiger partial charge in [0.2, 0.25) is 0 Å². The van der Waals surface area contributed by atoms with E-state index in [1.165, 1.54) is 17.8 Å². The first-order valence-electron chi connectivity index (χ1n) is 8.69. The Morgan fingerprint density at radius 1 is 1.25 bits per heavy atom. The van der Waals surface area contributed by atoms with E-state index in [2.05, 4.69) is 15.4 Å². The summed E-state index contributed by atoms with van der Waals surface area (Å²) in [5.41, 5.74) is 2.55. The highest BCUT2D eigenvalue weighted by molar-refractivity contribution is 6.03. The smallest absolute Gasteiger partial charge is 0.341 e. The second-order valence-electron chi connectivity index (χ2n) is 6.51. The van der Waals surface area contributed by atoms with Gasteiger partial charge in [-0.3, -0.25) is 4.79 Å². The van der Waals surface area contributed by atoms with Gasteiger partial charge in [-0.1, -0.05) is 0 Å². The van der Waals surface area contributed by atoms with E-state index in [4.69, 9.17) is 9.15 Å². The van der Waals surface area contributed by atoms with E-state index in [1.807, 2.05) is 19.1 Å². The van der Waals surface area contributed by atoms with Gasteiger partial charge in [0.25, 0.3) is 5.91 Å². The lowest BCUT2D eigenvalue weighted by Crippen LogP contribution is -2.26. The number of esters is 1. The van der Waals surface area contributed by atoms with E-state index in [0.717, 1.165) is 10.9 Å². The fourth-order valence-electron chi connectivity index (χ4n) is 3.13. The molecule has 3 heterocycles. The zero-order valence-electron chi connectivity index (χ0n) is 15.6. The maximum absolute atomic E-state index is 12.7. The number of nitrogens with one attached hydrogen (secondary N) is 1. The third-order valence-corrected chi connectivity index (χ3v) is 4.48. The van der Waals surface area contributed by atoms with Gasteiger partial charge < -0.3 is 14.5 Å². The molecule has 0 fully saturated rings. The Morgan fingerprint density at radius 3 is 2.86 bits per heavy atom. The predicted molar refractivity (Wildman–Crippen MR) is 101 cm³/mol. The Kier molecular flexibility index (Phi) is 4.31. The van der Waals surface area contributed by atoms with Gasteiger partial charge in [-0.25, -0.2) is 14.3 Å². The van der Waals surface area contributed by atoms with Crippen LogP contribution in [0.15, 0.2) is 47.3 Å². The predicted octanol–water partition coefficient (Wildman–Crippen LogP) is 3.06. The van der Waals surface area contributed by atoms with Crippen LogP contribution in [-0.2, 0) is 4.74 Å². The van der Waals surface area contributed by atoms with Crippen LogP contribution >= 0.6 is 0 Å². The van der Waals surface area contributed by atoms with E-state index in [0.29, 0.717) is 28.1 Å². The van der Waals surface area contributed by atoms with E-state index in [-0.39, 0.29) is 5.91 Å². The highest BCUT2D eigenvalue weighted by atomic mass is 16.5. The molecule has 1 atom stereocenters. The molecule has 8 heteroatoms. The number of furan rings is 1. The number of fused-ring (bicyclic) bond motifs is 2. The summed E-state index contributed by atoms with van der Waals surface area (Å²) in [6.45, 7) is 3.70. The molecule has 4 rings (SSSR count). The molecule has 1 aromatic carbocycles. The summed E-state index contributed by atoms with van der Waals surface area (Å²) in [5, 5.41) is 7.78. The minimum Gasteiger partial charge on any atom is -0.465 e. The van der Waals surface area contributed by atoms with Gasteiger partial charge in [0.1, 0.15) is 22.5 Å². The monoisotopic (exact) mass is 378 g/mol. The number of carbonyl (C=O) groups is 2. The number of benzene rings is 1. The molecule has 0 spiro atoms. The third-order valence-electron chi connectivity index (χ3n) is 4.48. The number of aromatic nitrogens is 3. The van der Waals surface area contributed by atoms with Crippen molar-refractivity contribution in [1.82, 2.24) is 19.9 Å². The fraction of sp³-hybridized carbons (Fsp3) is 0.200. The van der Waals surface area contributed by atoms with Gasteiger partial charge in [0.15, 0.2) is 5.65 Å². The van der Waals surface area contributed by atoms with Crippen LogP contribution in [0.3, 0.4) is 0 Å². The fourth-order valence-corrected chi connectivity index (χ4v) is 3.13. The van der Waals surface area contributed by atoms with Crippen LogP contribution in [0.4, 0.5) is 0 Å². The minimum absolute atomic E-state index is 0.314. The van der Waals surface area contributed by atoms with E-state index in [1.54, 1.807) is 31.5 Å². The second kappa shape index (κ2) is 6.80. The lowest BCUT2D eigenvalue weighted by atomic mass is 10.1. The van der Waals surface area contributed by atoms with Crippen molar-refractivity contribution in [2.75, 3.05) is 7.11 Å². The van der Waals surface area contributed by atoms with Gasteiger partial charge in [-0.05, 0) is 43.7 Å². The molecule has 0 saturated carbocycles. The molecule has 0 aliphatic carbocycles. The van der Waals surface area contributed by atoms with Crippen LogP contribution in [0.2, 0.25) is 0 Å². The maximum atomic E-state index is 12.7. The van der Waals surface area contributed by atoms with E-state index < -0.39 is 12.0 Å². The topological polar surface area (TPSA) is 98.7 Å². The van der Waals surface area contributed by atoms with Crippen molar-refractivity contribution < 1.29 is 18.7 Å². The summed E-state index contributed by atoms with van der Waals surface area (Å²) >= 11 is 0. The van der Waals surface area contributed by atoms with Gasteiger partial charge in [0, 0.05) is 17.8 Å². The molecule has 0 aliphatic heterocycles. The van der Waals surface area contributed by atoms with E-state index >= 15 is 0 Å². The van der Waals surface area contributed by atoms with Crippen molar-refractivity contribution >= 4 is 28.5 Å². The summed E-state index contributed by atoms with van der Waals surface area (Å²) in [5.74, 6) is -0.252. The molecule has 8 nitrogen and oxygen atoms in total. The van der Waals surface area contributed by atoms with Crippen molar-refractivity contribution in [1.29, 1.82) is 0 Å². The number of rotatable bonds is 4. The van der Waals surface area contributed by atoms with Gasteiger partial charge in [-0.2, -0.15) is 5.10 Å². The molecule has 0 saturated heterocycles. The lowest BCUT2D eigenvalue weighted by Gasteiger charge is -2.10. The van der Waals surface area contributed by atoms with Crippen molar-refractivity contribution in [2.24, 2.45) is 0 Å².